The molecule has 0 amide bonds. The average molecular weight is 266 g/mol. The lowest BCUT2D eigenvalue weighted by atomic mass is 9.85. The summed E-state index contributed by atoms with van der Waals surface area (Å²) in [7, 11) is 0. The molecule has 1 N–H and O–H groups in total. The summed E-state index contributed by atoms with van der Waals surface area (Å²) in [5.74, 6) is -0.766. The molecule has 2 aliphatic heterocycles. The summed E-state index contributed by atoms with van der Waals surface area (Å²) in [6.07, 6.45) is 3.59. The van der Waals surface area contributed by atoms with Crippen LogP contribution in [-0.4, -0.2) is 30.6 Å². The standard InChI is InChI=1S/C15H20F2N2/c16-13-5-1-3-12(15(13)17)10-19-8-6-14-11(9-19)4-2-7-18-14/h1,3,5,11,14,18H,2,4,6-10H2. The van der Waals surface area contributed by atoms with Crippen molar-refractivity contribution >= 4 is 0 Å². The molecule has 2 aliphatic rings. The number of halogens is 2. The number of hydrogen-bond acceptors (Lipinski definition) is 2. The van der Waals surface area contributed by atoms with Gasteiger partial charge in [-0.05, 0) is 44.3 Å². The second-order valence-electron chi connectivity index (χ2n) is 5.70. The first-order valence-electron chi connectivity index (χ1n) is 7.12. The molecule has 0 spiro atoms. The minimum Gasteiger partial charge on any atom is -0.314 e. The van der Waals surface area contributed by atoms with Gasteiger partial charge in [0.2, 0.25) is 0 Å². The molecule has 3 rings (SSSR count). The fraction of sp³-hybridized carbons (Fsp3) is 0.600. The van der Waals surface area contributed by atoms with E-state index in [9.17, 15) is 8.78 Å². The Morgan fingerprint density at radius 3 is 3.05 bits per heavy atom. The maximum Gasteiger partial charge on any atom is 0.163 e. The van der Waals surface area contributed by atoms with E-state index >= 15 is 0 Å². The van der Waals surface area contributed by atoms with Crippen molar-refractivity contribution in [3.8, 4) is 0 Å². The molecule has 0 saturated carbocycles. The van der Waals surface area contributed by atoms with E-state index in [1.54, 1.807) is 12.1 Å². The number of piperidine rings is 2. The van der Waals surface area contributed by atoms with E-state index < -0.39 is 11.6 Å². The Hall–Kier alpha value is -1.00. The number of hydrogen-bond donors (Lipinski definition) is 1. The highest BCUT2D eigenvalue weighted by molar-refractivity contribution is 5.19. The smallest absolute Gasteiger partial charge is 0.163 e. The number of rotatable bonds is 2. The molecular weight excluding hydrogens is 246 g/mol. The van der Waals surface area contributed by atoms with Gasteiger partial charge in [0.25, 0.3) is 0 Å². The second kappa shape index (κ2) is 5.55. The predicted molar refractivity (Wildman–Crippen MR) is 70.8 cm³/mol. The molecule has 104 valence electrons. The first kappa shape index (κ1) is 13.0. The normalized spacial score (nSPS) is 28.1. The van der Waals surface area contributed by atoms with Gasteiger partial charge in [-0.2, -0.15) is 0 Å². The highest BCUT2D eigenvalue weighted by Gasteiger charge is 2.31. The van der Waals surface area contributed by atoms with Crippen LogP contribution >= 0.6 is 0 Å². The van der Waals surface area contributed by atoms with Gasteiger partial charge < -0.3 is 5.32 Å². The Morgan fingerprint density at radius 1 is 1.26 bits per heavy atom. The van der Waals surface area contributed by atoms with Gasteiger partial charge in [-0.15, -0.1) is 0 Å². The molecule has 2 saturated heterocycles. The van der Waals surface area contributed by atoms with Crippen molar-refractivity contribution in [1.82, 2.24) is 10.2 Å². The number of nitrogens with one attached hydrogen (secondary N) is 1. The molecule has 0 aromatic heterocycles. The third-order valence-corrected chi connectivity index (χ3v) is 4.40. The van der Waals surface area contributed by atoms with Gasteiger partial charge >= 0.3 is 0 Å². The summed E-state index contributed by atoms with van der Waals surface area (Å²) in [5.41, 5.74) is 0.474. The maximum atomic E-state index is 13.7. The van der Waals surface area contributed by atoms with E-state index in [1.165, 1.54) is 18.9 Å². The quantitative estimate of drug-likeness (QED) is 0.885. The summed E-state index contributed by atoms with van der Waals surface area (Å²) in [6, 6.07) is 5.07. The summed E-state index contributed by atoms with van der Waals surface area (Å²) in [5, 5.41) is 3.57. The lowest BCUT2D eigenvalue weighted by Gasteiger charge is -2.41. The van der Waals surface area contributed by atoms with Crippen molar-refractivity contribution in [2.75, 3.05) is 19.6 Å². The predicted octanol–water partition coefficient (Wildman–Crippen LogP) is 2.54. The van der Waals surface area contributed by atoms with Gasteiger partial charge in [0.1, 0.15) is 0 Å². The number of likely N-dealkylation sites (tertiary alicyclic amines) is 1. The minimum absolute atomic E-state index is 0.474. The van der Waals surface area contributed by atoms with E-state index in [1.807, 2.05) is 0 Å². The third kappa shape index (κ3) is 2.79. The summed E-state index contributed by atoms with van der Waals surface area (Å²) >= 11 is 0. The number of benzene rings is 1. The zero-order valence-electron chi connectivity index (χ0n) is 11.0. The van der Waals surface area contributed by atoms with Gasteiger partial charge in [0.05, 0.1) is 0 Å². The monoisotopic (exact) mass is 266 g/mol. The van der Waals surface area contributed by atoms with Crippen LogP contribution < -0.4 is 5.32 Å². The summed E-state index contributed by atoms with van der Waals surface area (Å²) in [6.45, 7) is 3.60. The zero-order valence-corrected chi connectivity index (χ0v) is 11.0. The lowest BCUT2D eigenvalue weighted by Crippen LogP contribution is -2.51. The first-order chi connectivity index (χ1) is 9.24. The molecular formula is C15H20F2N2. The Kier molecular flexibility index (Phi) is 3.80. The van der Waals surface area contributed by atoms with Gasteiger partial charge in [0, 0.05) is 24.7 Å². The van der Waals surface area contributed by atoms with E-state index in [2.05, 4.69) is 10.2 Å². The van der Waals surface area contributed by atoms with Crippen LogP contribution in [0.4, 0.5) is 8.78 Å². The Morgan fingerprint density at radius 2 is 2.16 bits per heavy atom. The Bertz CT molecular complexity index is 450. The molecule has 0 radical (unpaired) electrons. The Labute approximate surface area is 112 Å². The van der Waals surface area contributed by atoms with Crippen molar-refractivity contribution in [2.24, 2.45) is 5.92 Å². The number of fused-ring (bicyclic) bond motifs is 1. The highest BCUT2D eigenvalue weighted by Crippen LogP contribution is 2.26. The molecule has 2 atom stereocenters. The molecule has 4 heteroatoms. The largest absolute Gasteiger partial charge is 0.314 e. The van der Waals surface area contributed by atoms with E-state index in [-0.39, 0.29) is 0 Å². The van der Waals surface area contributed by atoms with E-state index in [0.717, 1.165) is 26.1 Å². The molecule has 1 aromatic rings. The molecule has 2 unspecified atom stereocenters. The summed E-state index contributed by atoms with van der Waals surface area (Å²) < 4.78 is 26.9. The van der Waals surface area contributed by atoms with Crippen LogP contribution in [0.3, 0.4) is 0 Å². The third-order valence-electron chi connectivity index (χ3n) is 4.40. The van der Waals surface area contributed by atoms with Crippen LogP contribution in [0.25, 0.3) is 0 Å². The van der Waals surface area contributed by atoms with Crippen LogP contribution in [0.2, 0.25) is 0 Å². The van der Waals surface area contributed by atoms with Crippen molar-refractivity contribution < 1.29 is 8.78 Å². The molecule has 19 heavy (non-hydrogen) atoms. The number of nitrogens with zero attached hydrogens (tertiary/aromatic N) is 1. The van der Waals surface area contributed by atoms with Gasteiger partial charge in [-0.1, -0.05) is 12.1 Å². The zero-order chi connectivity index (χ0) is 13.2. The van der Waals surface area contributed by atoms with E-state index in [4.69, 9.17) is 0 Å². The average Bonchev–Trinajstić information content (AvgIpc) is 2.44. The topological polar surface area (TPSA) is 15.3 Å². The van der Waals surface area contributed by atoms with Crippen LogP contribution in [0.15, 0.2) is 18.2 Å². The first-order valence-corrected chi connectivity index (χ1v) is 7.12. The fourth-order valence-electron chi connectivity index (χ4n) is 3.38. The van der Waals surface area contributed by atoms with Crippen molar-refractivity contribution in [3.05, 3.63) is 35.4 Å². The molecule has 1 aromatic carbocycles. The van der Waals surface area contributed by atoms with Gasteiger partial charge in [-0.25, -0.2) is 8.78 Å². The SMILES string of the molecule is Fc1cccc(CN2CCC3NCCCC3C2)c1F. The van der Waals surface area contributed by atoms with Crippen molar-refractivity contribution in [2.45, 2.75) is 31.8 Å². The second-order valence-corrected chi connectivity index (χ2v) is 5.70. The van der Waals surface area contributed by atoms with Gasteiger partial charge in [-0.3, -0.25) is 4.90 Å². The van der Waals surface area contributed by atoms with Crippen LogP contribution in [-0.2, 0) is 6.54 Å². The Balaban J connectivity index is 1.66. The van der Waals surface area contributed by atoms with Crippen LogP contribution in [0, 0.1) is 17.6 Å². The van der Waals surface area contributed by atoms with Gasteiger partial charge in [0.15, 0.2) is 11.6 Å². The van der Waals surface area contributed by atoms with Crippen molar-refractivity contribution in [1.29, 1.82) is 0 Å². The molecule has 0 aliphatic carbocycles. The summed E-state index contributed by atoms with van der Waals surface area (Å²) in [4.78, 5) is 2.26. The molecule has 2 fully saturated rings. The minimum atomic E-state index is -0.744. The molecule has 0 bridgehead atoms. The van der Waals surface area contributed by atoms with Crippen LogP contribution in [0.5, 0.6) is 0 Å². The fourth-order valence-corrected chi connectivity index (χ4v) is 3.38. The lowest BCUT2D eigenvalue weighted by molar-refractivity contribution is 0.108. The van der Waals surface area contributed by atoms with E-state index in [0.29, 0.717) is 24.1 Å². The van der Waals surface area contributed by atoms with Crippen molar-refractivity contribution in [3.63, 3.8) is 0 Å². The molecule has 2 heterocycles. The molecule has 2 nitrogen and oxygen atoms in total. The van der Waals surface area contributed by atoms with Crippen LogP contribution in [0.1, 0.15) is 24.8 Å². The highest BCUT2D eigenvalue weighted by atomic mass is 19.2. The maximum absolute atomic E-state index is 13.7.